The Kier molecular flexibility index (Phi) is 29.2. The minimum absolute atomic E-state index is 0.00291. The van der Waals surface area contributed by atoms with Crippen LogP contribution in [0.25, 0.3) is 0 Å². The van der Waals surface area contributed by atoms with Crippen LogP contribution in [0.3, 0.4) is 0 Å². The zero-order chi connectivity index (χ0) is 91.1. The Bertz CT molecular complexity index is 3910. The number of H-pyrrole nitrogens is 1. The van der Waals surface area contributed by atoms with Crippen molar-refractivity contribution in [1.29, 1.82) is 0 Å². The van der Waals surface area contributed by atoms with Crippen LogP contribution in [0.15, 0.2) is 26.8 Å². The van der Waals surface area contributed by atoms with Gasteiger partial charge in [0, 0.05) is 12.8 Å². The monoisotopic (exact) mass is 1760 g/mol. The second-order valence-corrected chi connectivity index (χ2v) is 49.9. The van der Waals surface area contributed by atoms with Gasteiger partial charge in [-0.15, -0.1) is 0 Å². The fourth-order valence-electron chi connectivity index (χ4n) is 39.4. The molecule has 19 heteroatoms. The number of aliphatic hydroxyl groups excluding tert-OH is 12. The first-order chi connectivity index (χ1) is 59.6. The second-order valence-electron chi connectivity index (χ2n) is 49.9. The first kappa shape index (κ1) is 98.0. The number of aromatic amines is 1. The van der Waals surface area contributed by atoms with Crippen LogP contribution in [-0.4, -0.2) is 151 Å². The van der Waals surface area contributed by atoms with Gasteiger partial charge < -0.3 is 66.1 Å². The molecule has 16 fully saturated rings. The van der Waals surface area contributed by atoms with Gasteiger partial charge in [0.2, 0.25) is 5.88 Å². The number of unbranched alkanes of at least 4 members (excludes halogenated alkanes) is 1. The SMILES string of the molecule is C=C1N=C(CC[C@@H](C)[C@H]2CCC3C4C([C@@H](O)C[C@@]32C)[C@@]2(C)CC[C@@H](O)C[C@H]2[C@@H](CC)[C@H]4O)NO1.CCCC[C@@H](C)[C@H]1CCC2C3C([C@@H](O)C[C@@]21C)[C@@]1(C)CC[C@@H](O)C[C@H]1[C@@H](CC)[C@H]3O.CCC[C@@H](C)[C@H]1CCC2C3C([C@@H](O)C[C@@]21C)[C@@]1(C)CC[C@@H](O)C[C@H]1[C@@H](CC)[C@H]3O.CC[C@H]1[C@@H](O)C2C3CC[C@H]([C@H](C)Cc4noc(=O)[nH]4)[C@@]3(C)C[C@H](O)C2[C@@]2(C)CC[C@@H](O)C[C@@H]12. The number of nitrogens with zero attached hydrogens (tertiary/aromatic N) is 2. The number of hydrogen-bond donors (Lipinski definition) is 14. The number of hydrogen-bond acceptors (Lipinski definition) is 18. The third-order valence-electron chi connectivity index (χ3n) is 44.5. The molecule has 0 amide bonds. The van der Waals surface area contributed by atoms with Crippen molar-refractivity contribution < 1.29 is 70.6 Å². The van der Waals surface area contributed by atoms with Crippen LogP contribution in [0, 0.1) is 209 Å². The topological polar surface area (TPSA) is 335 Å². The molecule has 16 saturated carbocycles. The third kappa shape index (κ3) is 16.4. The third-order valence-corrected chi connectivity index (χ3v) is 44.5. The summed E-state index contributed by atoms with van der Waals surface area (Å²) in [4.78, 5) is 23.6. The Morgan fingerprint density at radius 3 is 0.960 bits per heavy atom. The quantitative estimate of drug-likeness (QED) is 0.0649. The van der Waals surface area contributed by atoms with Gasteiger partial charge in [0.25, 0.3) is 0 Å². The Hall–Kier alpha value is -2.53. The van der Waals surface area contributed by atoms with Crippen molar-refractivity contribution in [2.24, 2.45) is 214 Å². The highest BCUT2D eigenvalue weighted by atomic mass is 16.7. The summed E-state index contributed by atoms with van der Waals surface area (Å²) in [5.41, 5.74) is 3.25. The average molecular weight is 1760 g/mol. The Balaban J connectivity index is 0.000000130. The molecule has 48 atom stereocenters. The van der Waals surface area contributed by atoms with E-state index < -0.39 is 18.0 Å². The van der Waals surface area contributed by atoms with Crippen molar-refractivity contribution in [3.63, 3.8) is 0 Å². The lowest BCUT2D eigenvalue weighted by Gasteiger charge is -2.66. The number of rotatable bonds is 18. The minimum atomic E-state index is -0.514. The van der Waals surface area contributed by atoms with E-state index in [-0.39, 0.29) is 181 Å². The van der Waals surface area contributed by atoms with Crippen LogP contribution in [-0.2, 0) is 11.3 Å². The predicted molar refractivity (Wildman–Crippen MR) is 495 cm³/mol. The lowest BCUT2D eigenvalue weighted by molar-refractivity contribution is -0.235. The first-order valence-electron chi connectivity index (χ1n) is 53.0. The van der Waals surface area contributed by atoms with Crippen molar-refractivity contribution >= 4 is 5.84 Å². The molecule has 0 spiro atoms. The van der Waals surface area contributed by atoms with E-state index in [0.29, 0.717) is 107 Å². The van der Waals surface area contributed by atoms with Gasteiger partial charge in [-0.25, -0.2) is 10.3 Å². The second kappa shape index (κ2) is 37.5. The predicted octanol–water partition coefficient (Wildman–Crippen LogP) is 18.0. The zero-order valence-corrected chi connectivity index (χ0v) is 81.7. The van der Waals surface area contributed by atoms with Gasteiger partial charge in [-0.3, -0.25) is 9.51 Å². The summed E-state index contributed by atoms with van der Waals surface area (Å²) >= 11 is 0. The molecule has 19 nitrogen and oxygen atoms in total. The van der Waals surface area contributed by atoms with Crippen LogP contribution < -0.4 is 11.2 Å². The van der Waals surface area contributed by atoms with E-state index in [4.69, 9.17) is 9.36 Å². The molecule has 0 saturated heterocycles. The molecule has 720 valence electrons. The highest BCUT2D eigenvalue weighted by molar-refractivity contribution is 5.83. The summed E-state index contributed by atoms with van der Waals surface area (Å²) in [6.45, 7) is 45.7. The van der Waals surface area contributed by atoms with Crippen LogP contribution in [0.1, 0.15) is 355 Å². The molecule has 14 N–H and O–H groups in total. The van der Waals surface area contributed by atoms with E-state index >= 15 is 0 Å². The summed E-state index contributed by atoms with van der Waals surface area (Å²) in [7, 11) is 0. The van der Waals surface area contributed by atoms with Gasteiger partial charge in [-0.05, 0) is 376 Å². The number of aliphatic imine (C=N–C) groups is 1. The molecule has 16 aliphatic carbocycles. The van der Waals surface area contributed by atoms with E-state index in [1.807, 2.05) is 0 Å². The molecule has 1 aromatic rings. The smallest absolute Gasteiger partial charge is 0.393 e. The van der Waals surface area contributed by atoms with Gasteiger partial charge in [-0.2, -0.15) is 4.99 Å². The number of nitrogens with one attached hydrogen (secondary N) is 2. The highest BCUT2D eigenvalue weighted by Gasteiger charge is 2.73. The van der Waals surface area contributed by atoms with Crippen LogP contribution in [0.4, 0.5) is 0 Å². The van der Waals surface area contributed by atoms with Crippen LogP contribution >= 0.6 is 0 Å². The maximum atomic E-state index is 11.8. The summed E-state index contributed by atoms with van der Waals surface area (Å²) in [5, 5.41) is 140. The largest absolute Gasteiger partial charge is 0.438 e. The van der Waals surface area contributed by atoms with Gasteiger partial charge in [0.15, 0.2) is 5.82 Å². The van der Waals surface area contributed by atoms with Crippen molar-refractivity contribution in [2.75, 3.05) is 0 Å². The molecular weight excluding hydrogens is 1580 g/mol. The molecule has 0 aromatic carbocycles. The number of fused-ring (bicyclic) bond motifs is 20. The van der Waals surface area contributed by atoms with Crippen molar-refractivity contribution in [3.05, 3.63) is 28.8 Å². The number of hydroxylamine groups is 1. The van der Waals surface area contributed by atoms with Gasteiger partial charge >= 0.3 is 5.76 Å². The molecule has 0 bridgehead atoms. The fraction of sp³-hybridized carbons (Fsp3) is 0.953. The molecule has 0 radical (unpaired) electrons. The van der Waals surface area contributed by atoms with Crippen LogP contribution in [0.2, 0.25) is 0 Å². The maximum absolute atomic E-state index is 11.8. The number of aliphatic hydroxyl groups is 12. The van der Waals surface area contributed by atoms with Gasteiger partial charge in [-0.1, -0.05) is 188 Å². The number of amidine groups is 1. The minimum Gasteiger partial charge on any atom is -0.393 e. The van der Waals surface area contributed by atoms with Gasteiger partial charge in [0.1, 0.15) is 5.84 Å². The highest BCUT2D eigenvalue weighted by Crippen LogP contribution is 2.76. The number of aromatic nitrogens is 2. The van der Waals surface area contributed by atoms with Crippen LogP contribution in [0.5, 0.6) is 0 Å². The van der Waals surface area contributed by atoms with E-state index in [1.165, 1.54) is 64.2 Å². The van der Waals surface area contributed by atoms with Crippen molar-refractivity contribution in [3.8, 4) is 0 Å². The van der Waals surface area contributed by atoms with E-state index in [0.717, 1.165) is 166 Å². The Morgan fingerprint density at radius 1 is 0.389 bits per heavy atom. The van der Waals surface area contributed by atoms with Gasteiger partial charge in [0.05, 0.1) is 73.2 Å². The molecule has 18 rings (SSSR count). The zero-order valence-electron chi connectivity index (χ0n) is 81.7. The van der Waals surface area contributed by atoms with Crippen molar-refractivity contribution in [1.82, 2.24) is 15.6 Å². The molecule has 2 heterocycles. The fourth-order valence-corrected chi connectivity index (χ4v) is 39.4. The maximum Gasteiger partial charge on any atom is 0.438 e. The summed E-state index contributed by atoms with van der Waals surface area (Å²) in [6, 6.07) is 0. The molecule has 1 aromatic heterocycles. The van der Waals surface area contributed by atoms with E-state index in [1.54, 1.807) is 0 Å². The summed E-state index contributed by atoms with van der Waals surface area (Å²) in [6.07, 6.45) is 32.0. The standard InChI is InChI=1S/C28H46N2O4.C27H48O3.C26H42N2O5.C26H46O3/c1-6-18-21-13-17(31)11-12-27(21,4)25-22(32)14-28(5)19(8-9-20(28)24(25)26(18)33)15(2)7-10-23-29-16(3)34-30-23;1-6-8-9-16(3)19-10-11-20-23-24(22(29)15-27(19,20)5)26(4)13-12-17(28)14-21(26)18(7-2)25(23)30;1-5-15-18-11-14(29)8-9-25(18,3)22-19(30)12-26(4)16(6-7-17(26)21(22)23(15)31)13(2)10-20-27-24(32)33-28-20;1-6-8-15(3)18-9-10-19-22-23(21(28)14-26(18,19)5)25(4)12-11-16(27)13-20(25)17(7-2)24(22)29/h15,17-22,24-26,31-33H,3,6-14H2,1-2,4-5H3,(H,29,30);16-25,28-30H,6-15H2,1-5H3;13-19,21-23,29-31H,5-12H2,1-4H3,(H,27,28,32);15-24,27-29H,6-14H2,1-5H3/t15-,17-,18-,19-,20?,21+,22+,24?,25?,26-,27+,28-;16-,17-,18-,19-,20?,21+,22+,23?,24?,25-,26+,27-;13-,14-,15-,16-,17?,18+,19+,21?,22?,23-,25+,26-;15-,16-,17-,18-,19?,20+,21+,22?,23?,24-,25+,26-/m1111/s1. The first-order valence-corrected chi connectivity index (χ1v) is 53.0. The lowest BCUT2D eigenvalue weighted by Crippen LogP contribution is -2.65. The molecule has 12 unspecified atom stereocenters. The van der Waals surface area contributed by atoms with Crippen molar-refractivity contribution in [2.45, 2.75) is 429 Å². The summed E-state index contributed by atoms with van der Waals surface area (Å²) < 4.78 is 4.70. The molecular formula is C107H182N4O15. The molecule has 1 aliphatic heterocycles. The average Bonchev–Trinajstić information content (AvgIpc) is 1.35. The Labute approximate surface area is 759 Å². The molecule has 126 heavy (non-hydrogen) atoms. The van der Waals surface area contributed by atoms with E-state index in [2.05, 4.69) is 152 Å². The Morgan fingerprint density at radius 2 is 0.690 bits per heavy atom. The summed E-state index contributed by atoms with van der Waals surface area (Å²) in [5.74, 6) is 11.2. The molecule has 17 aliphatic rings. The van der Waals surface area contributed by atoms with E-state index in [9.17, 15) is 66.1 Å². The lowest BCUT2D eigenvalue weighted by atomic mass is 9.40. The normalized spacial score (nSPS) is 52.7.